The molecule has 0 bridgehead atoms. The minimum absolute atomic E-state index is 0.172. The lowest BCUT2D eigenvalue weighted by molar-refractivity contribution is -0.147. The summed E-state index contributed by atoms with van der Waals surface area (Å²) in [6.07, 6.45) is 0.455. The minimum Gasteiger partial charge on any atom is -0.755 e. The number of ether oxygens (including phenoxy) is 1. The SMILES string of the molecule is CCN(c1cc2oc(-c3ccc(F)cc3)c(C(=O)NC)c2cc1C1CC(C(=O)OC)CN(C)C1)S(=O)[O-]. The maximum absolute atomic E-state index is 13.6. The summed E-state index contributed by atoms with van der Waals surface area (Å²) in [5, 5.41) is 3.13. The van der Waals surface area contributed by atoms with Crippen LogP contribution in [-0.2, 0) is 20.8 Å². The van der Waals surface area contributed by atoms with Gasteiger partial charge in [-0.25, -0.2) is 4.39 Å². The van der Waals surface area contributed by atoms with Crippen LogP contribution in [0.4, 0.5) is 10.1 Å². The average molecular weight is 531 g/mol. The van der Waals surface area contributed by atoms with Crippen LogP contribution in [0.2, 0.25) is 0 Å². The van der Waals surface area contributed by atoms with Gasteiger partial charge in [-0.05, 0) is 62.2 Å². The zero-order chi connectivity index (χ0) is 26.9. The van der Waals surface area contributed by atoms with Gasteiger partial charge < -0.3 is 28.2 Å². The quantitative estimate of drug-likeness (QED) is 0.368. The smallest absolute Gasteiger partial charge is 0.309 e. The lowest BCUT2D eigenvalue weighted by Crippen LogP contribution is -2.41. The largest absolute Gasteiger partial charge is 0.755 e. The van der Waals surface area contributed by atoms with Crippen LogP contribution in [0.15, 0.2) is 40.8 Å². The molecule has 1 N–H and O–H groups in total. The number of hydrogen-bond acceptors (Lipinski definition) is 7. The highest BCUT2D eigenvalue weighted by Gasteiger charge is 2.34. The van der Waals surface area contributed by atoms with E-state index in [9.17, 15) is 22.7 Å². The molecule has 198 valence electrons. The first-order valence-corrected chi connectivity index (χ1v) is 12.9. The van der Waals surface area contributed by atoms with Crippen molar-refractivity contribution in [3.8, 4) is 11.3 Å². The number of rotatable bonds is 7. The number of likely N-dealkylation sites (N-methyl/N-ethyl adjacent to an activating group) is 1. The summed E-state index contributed by atoms with van der Waals surface area (Å²) in [7, 11) is 4.74. The predicted molar refractivity (Wildman–Crippen MR) is 137 cm³/mol. The standard InChI is InChI=1S/C26H30FN3O6S/c1-5-30(37(33)34)21-12-22-20(11-19(21)16-10-17(26(32)35-4)14-29(3)13-16)23(25(31)28-2)24(36-22)15-6-8-18(27)9-7-15/h6-9,11-12,16-17H,5,10,13-14H2,1-4H3,(H,28,31)(H,33,34)/p-1. The second-order valence-electron chi connectivity index (χ2n) is 9.09. The van der Waals surface area contributed by atoms with Crippen molar-refractivity contribution in [2.24, 2.45) is 5.92 Å². The second kappa shape index (κ2) is 11.0. The molecular formula is C26H29FN3O6S-. The van der Waals surface area contributed by atoms with E-state index in [-0.39, 0.29) is 35.7 Å². The van der Waals surface area contributed by atoms with E-state index >= 15 is 0 Å². The van der Waals surface area contributed by atoms with Crippen LogP contribution in [0.3, 0.4) is 0 Å². The van der Waals surface area contributed by atoms with Gasteiger partial charge in [0.25, 0.3) is 5.91 Å². The number of furan rings is 1. The zero-order valence-corrected chi connectivity index (χ0v) is 21.9. The van der Waals surface area contributed by atoms with E-state index in [0.717, 1.165) is 0 Å². The van der Waals surface area contributed by atoms with Gasteiger partial charge in [-0.15, -0.1) is 0 Å². The van der Waals surface area contributed by atoms with Crippen LogP contribution < -0.4 is 9.62 Å². The van der Waals surface area contributed by atoms with Crippen molar-refractivity contribution in [3.63, 3.8) is 0 Å². The summed E-state index contributed by atoms with van der Waals surface area (Å²) < 4.78 is 50.2. The third-order valence-electron chi connectivity index (χ3n) is 6.74. The highest BCUT2D eigenvalue weighted by molar-refractivity contribution is 7.80. The van der Waals surface area contributed by atoms with Gasteiger partial charge in [0.15, 0.2) is 0 Å². The van der Waals surface area contributed by atoms with Crippen molar-refractivity contribution in [3.05, 3.63) is 53.3 Å². The van der Waals surface area contributed by atoms with Crippen molar-refractivity contribution in [1.82, 2.24) is 10.2 Å². The normalized spacial score (nSPS) is 19.0. The van der Waals surface area contributed by atoms with Crippen molar-refractivity contribution in [2.75, 3.05) is 45.1 Å². The molecule has 2 aromatic carbocycles. The number of esters is 1. The molecule has 1 aliphatic heterocycles. The number of piperidine rings is 1. The summed E-state index contributed by atoms with van der Waals surface area (Å²) >= 11 is -2.57. The highest BCUT2D eigenvalue weighted by atomic mass is 32.2. The molecule has 11 heteroatoms. The summed E-state index contributed by atoms with van der Waals surface area (Å²) in [4.78, 5) is 27.4. The first-order chi connectivity index (χ1) is 17.7. The Hall–Kier alpha value is -3.28. The number of nitrogens with one attached hydrogen (secondary N) is 1. The molecule has 0 saturated carbocycles. The maximum atomic E-state index is 13.6. The van der Waals surface area contributed by atoms with Crippen LogP contribution in [0.25, 0.3) is 22.3 Å². The summed E-state index contributed by atoms with van der Waals surface area (Å²) in [5.74, 6) is -1.51. The van der Waals surface area contributed by atoms with Crippen molar-refractivity contribution >= 4 is 39.8 Å². The number of likely N-dealkylation sites (tertiary alicyclic amines) is 1. The molecule has 37 heavy (non-hydrogen) atoms. The molecule has 1 fully saturated rings. The number of amides is 1. The van der Waals surface area contributed by atoms with Crippen molar-refractivity contribution in [1.29, 1.82) is 0 Å². The first-order valence-electron chi connectivity index (χ1n) is 11.9. The second-order valence-corrected chi connectivity index (χ2v) is 9.96. The summed E-state index contributed by atoms with van der Waals surface area (Å²) in [6, 6.07) is 8.98. The van der Waals surface area contributed by atoms with Gasteiger partial charge in [-0.1, -0.05) is 0 Å². The molecule has 3 atom stereocenters. The van der Waals surface area contributed by atoms with Crippen LogP contribution in [0.5, 0.6) is 0 Å². The Morgan fingerprint density at radius 3 is 2.57 bits per heavy atom. The maximum Gasteiger partial charge on any atom is 0.309 e. The van der Waals surface area contributed by atoms with E-state index in [1.165, 1.54) is 42.7 Å². The molecule has 2 heterocycles. The predicted octanol–water partition coefficient (Wildman–Crippen LogP) is 3.43. The molecule has 1 aliphatic rings. The number of methoxy groups -OCH3 is 1. The molecule has 0 aliphatic carbocycles. The molecule has 3 aromatic rings. The number of halogens is 1. The molecule has 1 amide bonds. The fourth-order valence-electron chi connectivity index (χ4n) is 5.09. The first kappa shape index (κ1) is 26.8. The number of carbonyl (C=O) groups excluding carboxylic acids is 2. The zero-order valence-electron chi connectivity index (χ0n) is 21.1. The number of carbonyl (C=O) groups is 2. The van der Waals surface area contributed by atoms with E-state index in [4.69, 9.17) is 9.15 Å². The highest BCUT2D eigenvalue weighted by Crippen LogP contribution is 2.42. The van der Waals surface area contributed by atoms with Crippen LogP contribution >= 0.6 is 0 Å². The van der Waals surface area contributed by atoms with Gasteiger partial charge in [0.1, 0.15) is 17.2 Å². The van der Waals surface area contributed by atoms with Crippen molar-refractivity contribution < 1.29 is 31.9 Å². The Bertz CT molecular complexity index is 1340. The van der Waals surface area contributed by atoms with Crippen LogP contribution in [0, 0.1) is 11.7 Å². The molecule has 1 saturated heterocycles. The Labute approximate surface area is 217 Å². The minimum atomic E-state index is -2.57. The van der Waals surface area contributed by atoms with Gasteiger partial charge >= 0.3 is 5.97 Å². The number of hydrogen-bond donors (Lipinski definition) is 1. The topological polar surface area (TPSA) is 115 Å². The Morgan fingerprint density at radius 2 is 1.97 bits per heavy atom. The number of fused-ring (bicyclic) bond motifs is 1. The average Bonchev–Trinajstić information content (AvgIpc) is 3.25. The molecule has 4 rings (SSSR count). The van der Waals surface area contributed by atoms with E-state index in [1.807, 2.05) is 11.9 Å². The van der Waals surface area contributed by atoms with E-state index in [1.54, 1.807) is 19.1 Å². The van der Waals surface area contributed by atoms with Gasteiger partial charge in [0, 0.05) is 55.0 Å². The monoisotopic (exact) mass is 530 g/mol. The van der Waals surface area contributed by atoms with E-state index < -0.39 is 23.0 Å². The number of anilines is 1. The number of nitrogens with zero attached hydrogens (tertiary/aromatic N) is 2. The molecule has 9 nitrogen and oxygen atoms in total. The van der Waals surface area contributed by atoms with Gasteiger partial charge in [0.05, 0.1) is 24.3 Å². The number of benzene rings is 2. The van der Waals surface area contributed by atoms with E-state index in [2.05, 4.69) is 5.32 Å². The Balaban J connectivity index is 1.97. The molecule has 1 aromatic heterocycles. The van der Waals surface area contributed by atoms with E-state index in [0.29, 0.717) is 47.3 Å². The van der Waals surface area contributed by atoms with Gasteiger partial charge in [0.2, 0.25) is 0 Å². The Kier molecular flexibility index (Phi) is 7.96. The third kappa shape index (κ3) is 5.25. The third-order valence-corrected chi connectivity index (χ3v) is 7.56. The fourth-order valence-corrected chi connectivity index (χ4v) is 5.61. The van der Waals surface area contributed by atoms with Crippen LogP contribution in [0.1, 0.15) is 35.2 Å². The fraction of sp³-hybridized carbons (Fsp3) is 0.385. The Morgan fingerprint density at radius 1 is 1.27 bits per heavy atom. The van der Waals surface area contributed by atoms with Crippen molar-refractivity contribution in [2.45, 2.75) is 19.3 Å². The molecule has 0 radical (unpaired) electrons. The molecule has 0 spiro atoms. The van der Waals surface area contributed by atoms with Gasteiger partial charge in [-0.3, -0.25) is 13.8 Å². The lowest BCUT2D eigenvalue weighted by Gasteiger charge is -2.37. The molecular weight excluding hydrogens is 501 g/mol. The summed E-state index contributed by atoms with van der Waals surface area (Å²) in [5.41, 5.74) is 2.17. The lowest BCUT2D eigenvalue weighted by atomic mass is 9.83. The van der Waals surface area contributed by atoms with Crippen LogP contribution in [-0.4, -0.2) is 66.4 Å². The summed E-state index contributed by atoms with van der Waals surface area (Å²) in [6.45, 7) is 2.99. The van der Waals surface area contributed by atoms with Gasteiger partial charge in [-0.2, -0.15) is 0 Å². The molecule has 3 unspecified atom stereocenters.